The van der Waals surface area contributed by atoms with Gasteiger partial charge in [-0.2, -0.15) is 0 Å². The highest BCUT2D eigenvalue weighted by Crippen LogP contribution is 2.15. The second kappa shape index (κ2) is 9.90. The van der Waals surface area contributed by atoms with E-state index in [-0.39, 0.29) is 0 Å². The predicted octanol–water partition coefficient (Wildman–Crippen LogP) is 3.24. The number of nitrogens with one attached hydrogen (secondary N) is 2. The summed E-state index contributed by atoms with van der Waals surface area (Å²) in [4.78, 5) is 10.3. The number of hydrogen-bond donors (Lipinski definition) is 2. The molecule has 0 saturated carbocycles. The fourth-order valence-electron chi connectivity index (χ4n) is 2.03. The van der Waals surface area contributed by atoms with Crippen LogP contribution in [0.2, 0.25) is 0 Å². The van der Waals surface area contributed by atoms with Gasteiger partial charge >= 0.3 is 0 Å². The number of guanidine groups is 1. The van der Waals surface area contributed by atoms with E-state index >= 15 is 0 Å². The molecule has 2 aromatic rings. The van der Waals surface area contributed by atoms with E-state index in [1.165, 1.54) is 10.5 Å². The minimum Gasteiger partial charge on any atom is -0.357 e. The molecule has 0 aliphatic rings. The van der Waals surface area contributed by atoms with Crippen molar-refractivity contribution in [2.75, 3.05) is 18.8 Å². The van der Waals surface area contributed by atoms with Gasteiger partial charge in [0, 0.05) is 29.9 Å². The van der Waals surface area contributed by atoms with E-state index in [0.29, 0.717) is 6.54 Å². The Morgan fingerprint density at radius 1 is 1.13 bits per heavy atom. The van der Waals surface area contributed by atoms with Crippen molar-refractivity contribution in [1.82, 2.24) is 15.6 Å². The average molecular weight is 328 g/mol. The zero-order valence-corrected chi connectivity index (χ0v) is 14.6. The third-order valence-electron chi connectivity index (χ3n) is 3.26. The number of thioether (sulfide) groups is 1. The lowest BCUT2D eigenvalue weighted by atomic mass is 10.2. The third kappa shape index (κ3) is 6.32. The van der Waals surface area contributed by atoms with Crippen LogP contribution in [-0.2, 0) is 6.54 Å². The van der Waals surface area contributed by atoms with Gasteiger partial charge in [-0.1, -0.05) is 24.3 Å². The van der Waals surface area contributed by atoms with E-state index in [2.05, 4.69) is 64.8 Å². The van der Waals surface area contributed by atoms with Crippen LogP contribution in [0.5, 0.6) is 0 Å². The molecule has 0 fully saturated rings. The van der Waals surface area contributed by atoms with Gasteiger partial charge < -0.3 is 10.6 Å². The first-order chi connectivity index (χ1) is 11.3. The van der Waals surface area contributed by atoms with Gasteiger partial charge in [-0.15, -0.1) is 11.8 Å². The highest BCUT2D eigenvalue weighted by Gasteiger charge is 2.00. The quantitative estimate of drug-likeness (QED) is 0.355. The molecule has 0 aliphatic carbocycles. The summed E-state index contributed by atoms with van der Waals surface area (Å²) in [5.41, 5.74) is 2.19. The second-order valence-electron chi connectivity index (χ2n) is 5.05. The minimum absolute atomic E-state index is 0.591. The molecule has 0 unspecified atom stereocenters. The Morgan fingerprint density at radius 3 is 2.70 bits per heavy atom. The Bertz CT molecular complexity index is 613. The predicted molar refractivity (Wildman–Crippen MR) is 99.0 cm³/mol. The molecule has 0 radical (unpaired) electrons. The van der Waals surface area contributed by atoms with Crippen LogP contribution >= 0.6 is 11.8 Å². The summed E-state index contributed by atoms with van der Waals surface area (Å²) in [6.45, 7) is 6.44. The molecule has 23 heavy (non-hydrogen) atoms. The molecule has 0 amide bonds. The summed E-state index contributed by atoms with van der Waals surface area (Å²) < 4.78 is 0. The molecule has 0 aliphatic heterocycles. The van der Waals surface area contributed by atoms with Crippen LogP contribution in [0.1, 0.15) is 18.2 Å². The molecule has 2 N–H and O–H groups in total. The Labute approximate surface area is 142 Å². The first kappa shape index (κ1) is 17.3. The number of rotatable bonds is 7. The Balaban J connectivity index is 1.81. The van der Waals surface area contributed by atoms with Crippen molar-refractivity contribution in [3.63, 3.8) is 0 Å². The lowest BCUT2D eigenvalue weighted by Gasteiger charge is -2.11. The molecule has 1 aromatic heterocycles. The third-order valence-corrected chi connectivity index (χ3v) is 4.27. The molecule has 0 saturated heterocycles. The van der Waals surface area contributed by atoms with Gasteiger partial charge in [-0.05, 0) is 37.6 Å². The summed E-state index contributed by atoms with van der Waals surface area (Å²) >= 11 is 1.84. The SMILES string of the molecule is CCNC(=NCc1ncccc1C)NCCSc1ccccc1. The molecular formula is C18H24N4S. The Kier molecular flexibility index (Phi) is 7.46. The number of aliphatic imine (C=N–C) groups is 1. The second-order valence-corrected chi connectivity index (χ2v) is 6.22. The topological polar surface area (TPSA) is 49.3 Å². The number of benzene rings is 1. The fourth-order valence-corrected chi connectivity index (χ4v) is 2.82. The van der Waals surface area contributed by atoms with Crippen LogP contribution in [0.4, 0.5) is 0 Å². The minimum atomic E-state index is 0.591. The molecule has 5 heteroatoms. The molecule has 122 valence electrons. The van der Waals surface area contributed by atoms with Crippen molar-refractivity contribution in [1.29, 1.82) is 0 Å². The largest absolute Gasteiger partial charge is 0.357 e. The van der Waals surface area contributed by atoms with Crippen molar-refractivity contribution in [3.05, 3.63) is 59.9 Å². The molecular weight excluding hydrogens is 304 g/mol. The molecule has 1 aromatic carbocycles. The molecule has 0 spiro atoms. The van der Waals surface area contributed by atoms with Crippen LogP contribution in [0.25, 0.3) is 0 Å². The van der Waals surface area contributed by atoms with Gasteiger partial charge in [0.1, 0.15) is 0 Å². The lowest BCUT2D eigenvalue weighted by Crippen LogP contribution is -2.38. The Hall–Kier alpha value is -2.01. The monoisotopic (exact) mass is 328 g/mol. The van der Waals surface area contributed by atoms with Crippen molar-refractivity contribution in [3.8, 4) is 0 Å². The number of pyridine rings is 1. The van der Waals surface area contributed by atoms with Crippen LogP contribution in [0.15, 0.2) is 58.5 Å². The van der Waals surface area contributed by atoms with Crippen LogP contribution < -0.4 is 10.6 Å². The van der Waals surface area contributed by atoms with Crippen molar-refractivity contribution in [2.24, 2.45) is 4.99 Å². The Morgan fingerprint density at radius 2 is 1.96 bits per heavy atom. The zero-order valence-electron chi connectivity index (χ0n) is 13.7. The fraction of sp³-hybridized carbons (Fsp3) is 0.333. The summed E-state index contributed by atoms with van der Waals surface area (Å²) in [5, 5.41) is 6.64. The van der Waals surface area contributed by atoms with E-state index in [1.807, 2.05) is 30.1 Å². The average Bonchev–Trinajstić information content (AvgIpc) is 2.58. The smallest absolute Gasteiger partial charge is 0.191 e. The first-order valence-electron chi connectivity index (χ1n) is 7.90. The summed E-state index contributed by atoms with van der Waals surface area (Å²) in [5.74, 6) is 1.84. The van der Waals surface area contributed by atoms with Crippen molar-refractivity contribution < 1.29 is 0 Å². The normalized spacial score (nSPS) is 11.3. The summed E-state index contributed by atoms with van der Waals surface area (Å²) in [7, 11) is 0. The zero-order chi connectivity index (χ0) is 16.3. The summed E-state index contributed by atoms with van der Waals surface area (Å²) in [6.07, 6.45) is 1.81. The van der Waals surface area contributed by atoms with Crippen molar-refractivity contribution in [2.45, 2.75) is 25.3 Å². The maximum absolute atomic E-state index is 4.61. The van der Waals surface area contributed by atoms with E-state index in [4.69, 9.17) is 0 Å². The molecule has 0 atom stereocenters. The maximum atomic E-state index is 4.61. The summed E-state index contributed by atoms with van der Waals surface area (Å²) in [6, 6.07) is 14.5. The highest BCUT2D eigenvalue weighted by atomic mass is 32.2. The molecule has 1 heterocycles. The van der Waals surface area contributed by atoms with E-state index < -0.39 is 0 Å². The van der Waals surface area contributed by atoms with E-state index in [9.17, 15) is 0 Å². The lowest BCUT2D eigenvalue weighted by molar-refractivity contribution is 0.835. The van der Waals surface area contributed by atoms with Gasteiger partial charge in [0.15, 0.2) is 5.96 Å². The molecule has 4 nitrogen and oxygen atoms in total. The van der Waals surface area contributed by atoms with Gasteiger partial charge in [-0.25, -0.2) is 4.99 Å². The number of nitrogens with zero attached hydrogens (tertiary/aromatic N) is 2. The van der Waals surface area contributed by atoms with Crippen LogP contribution in [0, 0.1) is 6.92 Å². The van der Waals surface area contributed by atoms with Gasteiger partial charge in [0.25, 0.3) is 0 Å². The van der Waals surface area contributed by atoms with Crippen LogP contribution in [0.3, 0.4) is 0 Å². The van der Waals surface area contributed by atoms with Gasteiger partial charge in [0.05, 0.1) is 12.2 Å². The molecule has 0 bridgehead atoms. The van der Waals surface area contributed by atoms with E-state index in [1.54, 1.807) is 0 Å². The number of aryl methyl sites for hydroxylation is 1. The molecule has 2 rings (SSSR count). The highest BCUT2D eigenvalue weighted by molar-refractivity contribution is 7.99. The standard InChI is InChI=1S/C18H24N4S/c1-3-19-18(22-14-17-15(2)8-7-11-20-17)21-12-13-23-16-9-5-4-6-10-16/h4-11H,3,12-14H2,1-2H3,(H2,19,21,22). The van der Waals surface area contributed by atoms with Crippen molar-refractivity contribution >= 4 is 17.7 Å². The van der Waals surface area contributed by atoms with E-state index in [0.717, 1.165) is 30.5 Å². The first-order valence-corrected chi connectivity index (χ1v) is 8.88. The van der Waals surface area contributed by atoms with Gasteiger partial charge in [-0.3, -0.25) is 4.98 Å². The van der Waals surface area contributed by atoms with Gasteiger partial charge in [0.2, 0.25) is 0 Å². The number of aromatic nitrogens is 1. The number of hydrogen-bond acceptors (Lipinski definition) is 3. The maximum Gasteiger partial charge on any atom is 0.191 e. The van der Waals surface area contributed by atoms with Crippen LogP contribution in [-0.4, -0.2) is 29.8 Å².